The zero-order valence-electron chi connectivity index (χ0n) is 15.2. The number of hydrogen-bond donors (Lipinski definition) is 2. The molecule has 0 bridgehead atoms. The van der Waals surface area contributed by atoms with Gasteiger partial charge in [-0.3, -0.25) is 9.69 Å². The van der Waals surface area contributed by atoms with Gasteiger partial charge in [0.1, 0.15) is 17.0 Å². The minimum atomic E-state index is -0.540. The molecule has 2 aliphatic heterocycles. The molecule has 0 saturated carbocycles. The fourth-order valence-corrected chi connectivity index (χ4v) is 5.33. The van der Waals surface area contributed by atoms with E-state index in [0.29, 0.717) is 5.56 Å². The van der Waals surface area contributed by atoms with Crippen LogP contribution < -0.4 is 10.6 Å². The highest BCUT2D eigenvalue weighted by molar-refractivity contribution is 7.16. The highest BCUT2D eigenvalue weighted by Crippen LogP contribution is 2.41. The molecule has 2 aliphatic rings. The van der Waals surface area contributed by atoms with Crippen molar-refractivity contribution in [3.8, 4) is 0 Å². The Morgan fingerprint density at radius 3 is 2.68 bits per heavy atom. The van der Waals surface area contributed by atoms with E-state index < -0.39 is 6.17 Å². The average Bonchev–Trinajstić information content (AvgIpc) is 3.07. The van der Waals surface area contributed by atoms with Crippen LogP contribution in [-0.4, -0.2) is 17.4 Å². The Balaban J connectivity index is 1.40. The smallest absolute Gasteiger partial charge is 0.256 e. The standard InChI is InChI=1S/C22H20FN3OS/c23-17-9-5-4-8-15(17)20-24-21(27)19-16-10-11-26(12-14-6-2-1-3-7-14)13-18(16)28-22(19)25-20/h1-9,20,25H,10-13H2,(H,24,27)/t20-/m0/s1. The van der Waals surface area contributed by atoms with E-state index in [2.05, 4.69) is 39.8 Å². The van der Waals surface area contributed by atoms with Crippen molar-refractivity contribution in [2.45, 2.75) is 25.7 Å². The predicted octanol–water partition coefficient (Wildman–Crippen LogP) is 4.30. The fourth-order valence-electron chi connectivity index (χ4n) is 4.01. The van der Waals surface area contributed by atoms with E-state index in [1.165, 1.54) is 16.5 Å². The van der Waals surface area contributed by atoms with E-state index >= 15 is 0 Å². The number of benzene rings is 2. The number of fused-ring (bicyclic) bond motifs is 3. The van der Waals surface area contributed by atoms with E-state index in [4.69, 9.17) is 0 Å². The lowest BCUT2D eigenvalue weighted by molar-refractivity contribution is 0.0934. The lowest BCUT2D eigenvalue weighted by Gasteiger charge is -2.28. The number of thiophene rings is 1. The van der Waals surface area contributed by atoms with Crippen LogP contribution in [0.1, 0.15) is 38.1 Å². The summed E-state index contributed by atoms with van der Waals surface area (Å²) in [5.74, 6) is -0.435. The van der Waals surface area contributed by atoms with Gasteiger partial charge in [-0.2, -0.15) is 0 Å². The van der Waals surface area contributed by atoms with E-state index in [1.54, 1.807) is 29.5 Å². The molecule has 0 fully saturated rings. The molecule has 2 N–H and O–H groups in total. The molecule has 0 spiro atoms. The van der Waals surface area contributed by atoms with Crippen LogP contribution in [0.2, 0.25) is 0 Å². The van der Waals surface area contributed by atoms with E-state index in [0.717, 1.165) is 42.2 Å². The van der Waals surface area contributed by atoms with Gasteiger partial charge in [0.15, 0.2) is 0 Å². The Morgan fingerprint density at radius 1 is 1.07 bits per heavy atom. The highest BCUT2D eigenvalue weighted by atomic mass is 32.1. The summed E-state index contributed by atoms with van der Waals surface area (Å²) in [5, 5.41) is 7.10. The minimum Gasteiger partial charge on any atom is -0.353 e. The van der Waals surface area contributed by atoms with E-state index in [9.17, 15) is 9.18 Å². The van der Waals surface area contributed by atoms with Crippen LogP contribution in [0.5, 0.6) is 0 Å². The molecule has 3 heterocycles. The van der Waals surface area contributed by atoms with Crippen molar-refractivity contribution in [1.82, 2.24) is 10.2 Å². The topological polar surface area (TPSA) is 44.4 Å². The summed E-state index contributed by atoms with van der Waals surface area (Å²) in [6.07, 6.45) is 0.315. The number of carbonyl (C=O) groups is 1. The predicted molar refractivity (Wildman–Crippen MR) is 109 cm³/mol. The normalized spacial score (nSPS) is 18.8. The number of amides is 1. The molecule has 5 rings (SSSR count). The molecule has 2 aromatic carbocycles. The van der Waals surface area contributed by atoms with Crippen molar-refractivity contribution in [3.63, 3.8) is 0 Å². The second-order valence-corrected chi connectivity index (χ2v) is 8.33. The Hall–Kier alpha value is -2.70. The van der Waals surface area contributed by atoms with Crippen LogP contribution in [0.4, 0.5) is 9.39 Å². The molecule has 3 aromatic rings. The maximum absolute atomic E-state index is 14.2. The number of anilines is 1. The number of carbonyl (C=O) groups excluding carboxylic acids is 1. The fraction of sp³-hybridized carbons (Fsp3) is 0.227. The second kappa shape index (κ2) is 7.04. The molecule has 28 heavy (non-hydrogen) atoms. The lowest BCUT2D eigenvalue weighted by Crippen LogP contribution is -2.39. The van der Waals surface area contributed by atoms with Crippen molar-refractivity contribution in [1.29, 1.82) is 0 Å². The molecular weight excluding hydrogens is 373 g/mol. The molecule has 1 atom stereocenters. The second-order valence-electron chi connectivity index (χ2n) is 7.23. The van der Waals surface area contributed by atoms with Crippen molar-refractivity contribution in [2.75, 3.05) is 11.9 Å². The molecule has 1 amide bonds. The van der Waals surface area contributed by atoms with Gasteiger partial charge in [-0.1, -0.05) is 48.5 Å². The largest absolute Gasteiger partial charge is 0.353 e. The third-order valence-corrected chi connectivity index (χ3v) is 6.53. The average molecular weight is 393 g/mol. The third-order valence-electron chi connectivity index (χ3n) is 5.38. The van der Waals surface area contributed by atoms with Gasteiger partial charge in [-0.15, -0.1) is 11.3 Å². The number of hydrogen-bond acceptors (Lipinski definition) is 4. The van der Waals surface area contributed by atoms with Crippen molar-refractivity contribution in [3.05, 3.63) is 87.5 Å². The van der Waals surface area contributed by atoms with Crippen molar-refractivity contribution in [2.24, 2.45) is 0 Å². The number of halogens is 1. The van der Waals surface area contributed by atoms with Crippen LogP contribution in [-0.2, 0) is 19.5 Å². The van der Waals surface area contributed by atoms with Gasteiger partial charge in [0.2, 0.25) is 0 Å². The van der Waals surface area contributed by atoms with Crippen LogP contribution in [0, 0.1) is 5.82 Å². The molecule has 142 valence electrons. The SMILES string of the molecule is O=C1N[C@H](c2ccccc2F)Nc2sc3c(c21)CCN(Cc1ccccc1)C3. The van der Waals surface area contributed by atoms with E-state index in [1.807, 2.05) is 6.07 Å². The van der Waals surface area contributed by atoms with Gasteiger partial charge in [0.05, 0.1) is 5.56 Å². The number of nitrogens with one attached hydrogen (secondary N) is 2. The first-order valence-electron chi connectivity index (χ1n) is 9.41. The Kier molecular flexibility index (Phi) is 4.37. The van der Waals surface area contributed by atoms with Gasteiger partial charge in [-0.25, -0.2) is 4.39 Å². The van der Waals surface area contributed by atoms with Crippen LogP contribution in [0.15, 0.2) is 54.6 Å². The molecule has 0 radical (unpaired) electrons. The maximum Gasteiger partial charge on any atom is 0.256 e. The van der Waals surface area contributed by atoms with E-state index in [-0.39, 0.29) is 11.7 Å². The monoisotopic (exact) mass is 393 g/mol. The van der Waals surface area contributed by atoms with Crippen LogP contribution >= 0.6 is 11.3 Å². The Bertz CT molecular complexity index is 1030. The number of nitrogens with zero attached hydrogens (tertiary/aromatic N) is 1. The van der Waals surface area contributed by atoms with Crippen molar-refractivity contribution >= 4 is 22.2 Å². The van der Waals surface area contributed by atoms with Gasteiger partial charge in [-0.05, 0) is 23.6 Å². The van der Waals surface area contributed by atoms with Gasteiger partial charge >= 0.3 is 0 Å². The molecule has 0 aliphatic carbocycles. The zero-order chi connectivity index (χ0) is 19.1. The molecule has 1 aromatic heterocycles. The summed E-state index contributed by atoms with van der Waals surface area (Å²) < 4.78 is 14.2. The molecule has 0 unspecified atom stereocenters. The van der Waals surface area contributed by atoms with Gasteiger partial charge in [0.25, 0.3) is 5.91 Å². The summed E-state index contributed by atoms with van der Waals surface area (Å²) in [6.45, 7) is 2.66. The van der Waals surface area contributed by atoms with Gasteiger partial charge < -0.3 is 10.6 Å². The molecule has 0 saturated heterocycles. The van der Waals surface area contributed by atoms with Crippen LogP contribution in [0.25, 0.3) is 0 Å². The first kappa shape index (κ1) is 17.4. The summed E-state index contributed by atoms with van der Waals surface area (Å²) >= 11 is 1.62. The van der Waals surface area contributed by atoms with Crippen molar-refractivity contribution < 1.29 is 9.18 Å². The molecule has 6 heteroatoms. The zero-order valence-corrected chi connectivity index (χ0v) is 16.1. The number of rotatable bonds is 3. The quantitative estimate of drug-likeness (QED) is 0.697. The van der Waals surface area contributed by atoms with Gasteiger partial charge in [0, 0.05) is 30.1 Å². The summed E-state index contributed by atoms with van der Waals surface area (Å²) in [7, 11) is 0. The summed E-state index contributed by atoms with van der Waals surface area (Å²) in [4.78, 5) is 16.4. The maximum atomic E-state index is 14.2. The van der Waals surface area contributed by atoms with Crippen LogP contribution in [0.3, 0.4) is 0 Å². The molecular formula is C22H20FN3OS. The Morgan fingerprint density at radius 2 is 1.86 bits per heavy atom. The minimum absolute atomic E-state index is 0.115. The summed E-state index contributed by atoms with van der Waals surface area (Å²) in [6, 6.07) is 17.0. The third kappa shape index (κ3) is 3.08. The first-order valence-corrected chi connectivity index (χ1v) is 10.2. The Labute approximate surface area is 167 Å². The lowest BCUT2D eigenvalue weighted by atomic mass is 10.00. The highest BCUT2D eigenvalue weighted by Gasteiger charge is 2.34. The first-order chi connectivity index (χ1) is 13.7. The molecule has 4 nitrogen and oxygen atoms in total. The summed E-state index contributed by atoms with van der Waals surface area (Å²) in [5.41, 5.74) is 3.63.